The standard InChI is InChI=1S/C9H20N2O5S2/c1-11(8-9(12)3-4-10-7-9)18(15,16)6-5-17(2,13)14/h10,12H,3-8H2,1-2H3. The molecule has 7 nitrogen and oxygen atoms in total. The molecule has 9 heteroatoms. The van der Waals surface area contributed by atoms with Gasteiger partial charge in [0.2, 0.25) is 10.0 Å². The van der Waals surface area contributed by atoms with E-state index in [0.29, 0.717) is 19.5 Å². The first kappa shape index (κ1) is 15.8. The predicted octanol–water partition coefficient (Wildman–Crippen LogP) is -1.98. The summed E-state index contributed by atoms with van der Waals surface area (Å²) >= 11 is 0. The van der Waals surface area contributed by atoms with Crippen LogP contribution < -0.4 is 5.32 Å². The third-order valence-corrected chi connectivity index (χ3v) is 5.93. The Bertz CT molecular complexity index is 479. The summed E-state index contributed by atoms with van der Waals surface area (Å²) in [6, 6.07) is 0. The lowest BCUT2D eigenvalue weighted by molar-refractivity contribution is 0.0463. The molecule has 1 heterocycles. The van der Waals surface area contributed by atoms with E-state index in [4.69, 9.17) is 0 Å². The first-order valence-electron chi connectivity index (χ1n) is 5.59. The van der Waals surface area contributed by atoms with Crippen LogP contribution in [-0.2, 0) is 19.9 Å². The lowest BCUT2D eigenvalue weighted by atomic mass is 10.0. The molecule has 1 aliphatic rings. The minimum absolute atomic E-state index is 0.0217. The highest BCUT2D eigenvalue weighted by Crippen LogP contribution is 2.17. The fourth-order valence-corrected chi connectivity index (χ4v) is 4.59. The Kier molecular flexibility index (Phi) is 4.76. The first-order chi connectivity index (χ1) is 8.04. The number of likely N-dealkylation sites (N-methyl/N-ethyl adjacent to an activating group) is 1. The maximum absolute atomic E-state index is 11.8. The lowest BCUT2D eigenvalue weighted by Crippen LogP contribution is -2.46. The van der Waals surface area contributed by atoms with Crippen LogP contribution in [-0.4, -0.2) is 76.3 Å². The summed E-state index contributed by atoms with van der Waals surface area (Å²) < 4.78 is 46.6. The maximum Gasteiger partial charge on any atom is 0.214 e. The quantitative estimate of drug-likeness (QED) is 0.589. The number of nitrogens with zero attached hydrogens (tertiary/aromatic N) is 1. The second kappa shape index (κ2) is 5.41. The van der Waals surface area contributed by atoms with Gasteiger partial charge in [0, 0.05) is 26.4 Å². The van der Waals surface area contributed by atoms with E-state index in [1.165, 1.54) is 7.05 Å². The Balaban J connectivity index is 2.62. The number of aliphatic hydroxyl groups is 1. The maximum atomic E-state index is 11.8. The van der Waals surface area contributed by atoms with Gasteiger partial charge in [0.15, 0.2) is 0 Å². The van der Waals surface area contributed by atoms with Crippen LogP contribution in [0.1, 0.15) is 6.42 Å². The number of β-amino-alcohol motifs (C(OH)–C–C–N with tert-alkyl or cyclic N) is 1. The second-order valence-electron chi connectivity index (χ2n) is 4.85. The number of hydrogen-bond acceptors (Lipinski definition) is 6. The SMILES string of the molecule is CN(CC1(O)CCNC1)S(=O)(=O)CCS(C)(=O)=O. The van der Waals surface area contributed by atoms with Gasteiger partial charge in [-0.1, -0.05) is 0 Å². The highest BCUT2D eigenvalue weighted by molar-refractivity contribution is 7.93. The molecule has 0 aromatic rings. The summed E-state index contributed by atoms with van der Waals surface area (Å²) in [5, 5.41) is 13.0. The minimum Gasteiger partial charge on any atom is -0.387 e. The number of nitrogens with one attached hydrogen (secondary N) is 1. The summed E-state index contributed by atoms with van der Waals surface area (Å²) in [7, 11) is -5.61. The van der Waals surface area contributed by atoms with Crippen molar-refractivity contribution in [3.63, 3.8) is 0 Å². The van der Waals surface area contributed by atoms with Crippen LogP contribution in [0.4, 0.5) is 0 Å². The molecule has 0 amide bonds. The molecule has 1 fully saturated rings. The normalized spacial score (nSPS) is 25.8. The largest absolute Gasteiger partial charge is 0.387 e. The first-order valence-corrected chi connectivity index (χ1v) is 9.26. The van der Waals surface area contributed by atoms with Crippen LogP contribution >= 0.6 is 0 Å². The Hall–Kier alpha value is -0.220. The van der Waals surface area contributed by atoms with E-state index >= 15 is 0 Å². The van der Waals surface area contributed by atoms with Crippen molar-refractivity contribution >= 4 is 19.9 Å². The molecule has 2 N–H and O–H groups in total. The zero-order chi connectivity index (χ0) is 14.0. The summed E-state index contributed by atoms with van der Waals surface area (Å²) in [5.74, 6) is -0.859. The highest BCUT2D eigenvalue weighted by Gasteiger charge is 2.35. The number of rotatable bonds is 6. The molecule has 18 heavy (non-hydrogen) atoms. The third-order valence-electron chi connectivity index (χ3n) is 2.93. The van der Waals surface area contributed by atoms with Gasteiger partial charge in [-0.25, -0.2) is 21.1 Å². The molecule has 0 saturated carbocycles. The molecule has 0 bridgehead atoms. The van der Waals surface area contributed by atoms with E-state index in [1.807, 2.05) is 0 Å². The van der Waals surface area contributed by atoms with Crippen molar-refractivity contribution in [3.8, 4) is 0 Å². The number of sulfonamides is 1. The molecule has 0 aromatic carbocycles. The van der Waals surface area contributed by atoms with Gasteiger partial charge in [-0.15, -0.1) is 0 Å². The second-order valence-corrected chi connectivity index (χ2v) is 9.31. The average Bonchev–Trinajstić information content (AvgIpc) is 2.61. The van der Waals surface area contributed by atoms with Gasteiger partial charge in [0.05, 0.1) is 17.1 Å². The summed E-state index contributed by atoms with van der Waals surface area (Å²) in [6.07, 6.45) is 1.48. The molecule has 1 aliphatic heterocycles. The van der Waals surface area contributed by atoms with E-state index in [2.05, 4.69) is 5.32 Å². The third kappa shape index (κ3) is 4.81. The molecule has 0 aromatic heterocycles. The Morgan fingerprint density at radius 1 is 1.28 bits per heavy atom. The van der Waals surface area contributed by atoms with E-state index in [-0.39, 0.29) is 6.54 Å². The van der Waals surface area contributed by atoms with Gasteiger partial charge in [0.25, 0.3) is 0 Å². The monoisotopic (exact) mass is 300 g/mol. The summed E-state index contributed by atoms with van der Waals surface area (Å²) in [4.78, 5) is 0. The van der Waals surface area contributed by atoms with Crippen LogP contribution in [0.5, 0.6) is 0 Å². The Morgan fingerprint density at radius 2 is 1.89 bits per heavy atom. The van der Waals surface area contributed by atoms with E-state index < -0.39 is 37.0 Å². The number of sulfone groups is 1. The smallest absolute Gasteiger partial charge is 0.214 e. The van der Waals surface area contributed by atoms with Crippen LogP contribution in [0.3, 0.4) is 0 Å². The molecule has 0 spiro atoms. The van der Waals surface area contributed by atoms with E-state index in [1.54, 1.807) is 0 Å². The number of hydrogen-bond donors (Lipinski definition) is 2. The van der Waals surface area contributed by atoms with Crippen molar-refractivity contribution in [2.45, 2.75) is 12.0 Å². The molecule has 108 valence electrons. The van der Waals surface area contributed by atoms with Gasteiger partial charge in [-0.05, 0) is 13.0 Å². The van der Waals surface area contributed by atoms with Crippen LogP contribution in [0.15, 0.2) is 0 Å². The highest BCUT2D eigenvalue weighted by atomic mass is 32.2. The molecular weight excluding hydrogens is 280 g/mol. The van der Waals surface area contributed by atoms with Crippen molar-refractivity contribution in [2.75, 3.05) is 44.4 Å². The van der Waals surface area contributed by atoms with Crippen molar-refractivity contribution in [2.24, 2.45) is 0 Å². The van der Waals surface area contributed by atoms with E-state index in [0.717, 1.165) is 10.6 Å². The fourth-order valence-electron chi connectivity index (χ4n) is 1.79. The van der Waals surface area contributed by atoms with Gasteiger partial charge in [-0.3, -0.25) is 0 Å². The van der Waals surface area contributed by atoms with Gasteiger partial charge in [-0.2, -0.15) is 0 Å². The molecule has 0 aliphatic carbocycles. The van der Waals surface area contributed by atoms with Gasteiger partial charge >= 0.3 is 0 Å². The van der Waals surface area contributed by atoms with Gasteiger partial charge < -0.3 is 10.4 Å². The van der Waals surface area contributed by atoms with Crippen molar-refractivity contribution in [3.05, 3.63) is 0 Å². The molecule has 1 unspecified atom stereocenters. The summed E-state index contributed by atoms with van der Waals surface area (Å²) in [6.45, 7) is 0.971. The minimum atomic E-state index is -3.65. The zero-order valence-electron chi connectivity index (χ0n) is 10.6. The Morgan fingerprint density at radius 3 is 2.33 bits per heavy atom. The predicted molar refractivity (Wildman–Crippen MR) is 68.6 cm³/mol. The molecular formula is C9H20N2O5S2. The molecule has 1 rings (SSSR count). The zero-order valence-corrected chi connectivity index (χ0v) is 12.2. The summed E-state index contributed by atoms with van der Waals surface area (Å²) in [5.41, 5.74) is -1.06. The average molecular weight is 300 g/mol. The lowest BCUT2D eigenvalue weighted by Gasteiger charge is -2.27. The molecule has 1 saturated heterocycles. The van der Waals surface area contributed by atoms with Crippen molar-refractivity contribution in [1.29, 1.82) is 0 Å². The van der Waals surface area contributed by atoms with Crippen molar-refractivity contribution in [1.82, 2.24) is 9.62 Å². The molecule has 0 radical (unpaired) electrons. The van der Waals surface area contributed by atoms with Crippen molar-refractivity contribution < 1.29 is 21.9 Å². The van der Waals surface area contributed by atoms with Crippen LogP contribution in [0, 0.1) is 0 Å². The van der Waals surface area contributed by atoms with Crippen LogP contribution in [0.2, 0.25) is 0 Å². The fraction of sp³-hybridized carbons (Fsp3) is 1.00. The van der Waals surface area contributed by atoms with E-state index in [9.17, 15) is 21.9 Å². The topological polar surface area (TPSA) is 104 Å². The Labute approximate surface area is 108 Å². The van der Waals surface area contributed by atoms with Crippen LogP contribution in [0.25, 0.3) is 0 Å². The molecule has 1 atom stereocenters. The van der Waals surface area contributed by atoms with Gasteiger partial charge in [0.1, 0.15) is 9.84 Å².